The molecule has 6 heteroatoms. The predicted molar refractivity (Wildman–Crippen MR) is 86.3 cm³/mol. The zero-order valence-corrected chi connectivity index (χ0v) is 16.4. The van der Waals surface area contributed by atoms with E-state index in [4.69, 9.17) is 19.8 Å². The minimum atomic E-state index is -1.65. The molecule has 1 aliphatic heterocycles. The normalized spacial score (nSPS) is 38.3. The minimum Gasteiger partial charge on any atom is -0.435 e. The van der Waals surface area contributed by atoms with Gasteiger partial charge in [0.15, 0.2) is 16.6 Å². The topological polar surface area (TPSA) is 18.5 Å². The summed E-state index contributed by atoms with van der Waals surface area (Å²) in [5, 5.41) is 0.680. The molecule has 0 bridgehead atoms. The molecular weight excluding hydrogens is 296 g/mol. The summed E-state index contributed by atoms with van der Waals surface area (Å²) >= 11 is 5.82. The first-order valence-corrected chi connectivity index (χ1v) is 14.4. The van der Waals surface area contributed by atoms with Gasteiger partial charge in [-0.15, -0.1) is 11.6 Å². The third kappa shape index (κ3) is 3.30. The molecule has 3 atom stereocenters. The van der Waals surface area contributed by atoms with Crippen molar-refractivity contribution in [2.75, 3.05) is 5.88 Å². The molecule has 0 amide bonds. The molecule has 3 unspecified atom stereocenters. The van der Waals surface area contributed by atoms with Crippen LogP contribution in [0.25, 0.3) is 0 Å². The molecule has 1 saturated heterocycles. The van der Waals surface area contributed by atoms with E-state index in [2.05, 4.69) is 40.8 Å². The molecule has 18 heavy (non-hydrogen) atoms. The summed E-state index contributed by atoms with van der Waals surface area (Å²) in [6, 6.07) is 2.26. The molecule has 0 aromatic rings. The van der Waals surface area contributed by atoms with E-state index in [0.29, 0.717) is 10.7 Å². The van der Waals surface area contributed by atoms with Crippen molar-refractivity contribution in [1.82, 2.24) is 0 Å². The van der Waals surface area contributed by atoms with Crippen molar-refractivity contribution in [1.29, 1.82) is 0 Å². The molecule has 2 nitrogen and oxygen atoms in total. The van der Waals surface area contributed by atoms with Gasteiger partial charge in [0, 0.05) is 5.88 Å². The monoisotopic (exact) mass is 323 g/mol. The molecule has 1 heterocycles. The molecule has 0 aromatic carbocycles. The van der Waals surface area contributed by atoms with Crippen LogP contribution in [0.4, 0.5) is 0 Å². The Morgan fingerprint density at radius 2 is 1.89 bits per heavy atom. The third-order valence-corrected chi connectivity index (χ3v) is 22.1. The van der Waals surface area contributed by atoms with Crippen molar-refractivity contribution in [3.05, 3.63) is 0 Å². The Bertz CT molecular complexity index is 280. The highest BCUT2D eigenvalue weighted by atomic mass is 35.5. The molecule has 0 aliphatic carbocycles. The minimum absolute atomic E-state index is 0.672. The van der Waals surface area contributed by atoms with Crippen LogP contribution in [0.15, 0.2) is 0 Å². The summed E-state index contributed by atoms with van der Waals surface area (Å²) in [5.41, 5.74) is 0.672. The molecule has 0 aromatic heterocycles. The number of rotatable bonds is 5. The van der Waals surface area contributed by atoms with Crippen molar-refractivity contribution in [3.63, 3.8) is 0 Å². The molecule has 0 N–H and O–H groups in total. The number of halogens is 1. The first-order chi connectivity index (χ1) is 8.30. The fraction of sp³-hybridized carbons (Fsp3) is 1.00. The Morgan fingerprint density at radius 3 is 2.33 bits per heavy atom. The zero-order chi connectivity index (χ0) is 14.0. The van der Waals surface area contributed by atoms with Crippen LogP contribution in [0.3, 0.4) is 0 Å². The molecule has 1 radical (unpaired) electrons. The average molecular weight is 324 g/mol. The highest BCUT2D eigenvalue weighted by Gasteiger charge is 2.56. The smallest absolute Gasteiger partial charge is 0.362 e. The molecular formula is C12H28ClO2Si3. The van der Waals surface area contributed by atoms with Crippen molar-refractivity contribution in [2.24, 2.45) is 0 Å². The van der Waals surface area contributed by atoms with Gasteiger partial charge in [-0.1, -0.05) is 27.7 Å². The second-order valence-corrected chi connectivity index (χ2v) is 18.5. The van der Waals surface area contributed by atoms with Crippen molar-refractivity contribution < 1.29 is 8.23 Å². The largest absolute Gasteiger partial charge is 0.435 e. The van der Waals surface area contributed by atoms with Crippen LogP contribution in [-0.4, -0.2) is 31.8 Å². The lowest BCUT2D eigenvalue weighted by molar-refractivity contribution is 0.364. The van der Waals surface area contributed by atoms with E-state index in [1.54, 1.807) is 0 Å². The predicted octanol–water partition coefficient (Wildman–Crippen LogP) is 4.66. The van der Waals surface area contributed by atoms with Gasteiger partial charge in [-0.05, 0) is 42.3 Å². The van der Waals surface area contributed by atoms with E-state index in [-0.39, 0.29) is 0 Å². The second kappa shape index (κ2) is 6.54. The SMILES string of the molecule is CC[Si]1(C)O[Si](CCCCl)O[Si](C)(C(C)C)C1C. The van der Waals surface area contributed by atoms with Crippen molar-refractivity contribution in [3.8, 4) is 0 Å². The number of hydrogen-bond donors (Lipinski definition) is 0. The van der Waals surface area contributed by atoms with Gasteiger partial charge >= 0.3 is 9.28 Å². The Balaban J connectivity index is 2.91. The van der Waals surface area contributed by atoms with E-state index in [1.807, 2.05) is 0 Å². The Morgan fingerprint density at radius 1 is 1.28 bits per heavy atom. The van der Waals surface area contributed by atoms with Gasteiger partial charge in [-0.3, -0.25) is 0 Å². The maximum atomic E-state index is 6.54. The standard InChI is InChI=1S/C12H28ClO2Si3/c1-7-17(5)12(4)18(6,11(2)3)15-16(14-17)10-8-9-13/h11-12H,7-10H2,1-6H3. The maximum absolute atomic E-state index is 6.54. The number of alkyl halides is 1. The highest BCUT2D eigenvalue weighted by molar-refractivity contribution is 6.99. The van der Waals surface area contributed by atoms with E-state index in [1.165, 1.54) is 6.04 Å². The van der Waals surface area contributed by atoms with Crippen LogP contribution in [-0.2, 0) is 8.23 Å². The van der Waals surface area contributed by atoms with E-state index < -0.39 is 25.9 Å². The van der Waals surface area contributed by atoms with Crippen LogP contribution in [0.2, 0.25) is 35.9 Å². The lowest BCUT2D eigenvalue weighted by Crippen LogP contribution is -2.64. The van der Waals surface area contributed by atoms with Crippen molar-refractivity contribution >= 4 is 37.5 Å². The summed E-state index contributed by atoms with van der Waals surface area (Å²) in [6.45, 7) is 14.2. The third-order valence-electron chi connectivity index (χ3n) is 4.82. The quantitative estimate of drug-likeness (QED) is 0.541. The zero-order valence-electron chi connectivity index (χ0n) is 12.7. The fourth-order valence-electron chi connectivity index (χ4n) is 2.62. The van der Waals surface area contributed by atoms with E-state index in [0.717, 1.165) is 18.3 Å². The van der Waals surface area contributed by atoms with Gasteiger partial charge in [-0.25, -0.2) is 0 Å². The summed E-state index contributed by atoms with van der Waals surface area (Å²) in [6.07, 6.45) is 1.03. The fourth-order valence-corrected chi connectivity index (χ4v) is 20.9. The second-order valence-electron chi connectivity index (χ2n) is 6.10. The summed E-state index contributed by atoms with van der Waals surface area (Å²) in [4.78, 5) is 0. The highest BCUT2D eigenvalue weighted by Crippen LogP contribution is 2.46. The van der Waals surface area contributed by atoms with Gasteiger partial charge in [0.05, 0.1) is 0 Å². The van der Waals surface area contributed by atoms with Gasteiger partial charge in [0.25, 0.3) is 0 Å². The Hall–Kier alpha value is 0.861. The van der Waals surface area contributed by atoms with Crippen LogP contribution in [0.5, 0.6) is 0 Å². The lowest BCUT2D eigenvalue weighted by atomic mass is 10.6. The van der Waals surface area contributed by atoms with Crippen LogP contribution in [0, 0.1) is 0 Å². The van der Waals surface area contributed by atoms with Crippen molar-refractivity contribution in [2.45, 2.75) is 70.0 Å². The summed E-state index contributed by atoms with van der Waals surface area (Å²) < 4.78 is 13.0. The molecule has 0 spiro atoms. The molecule has 1 rings (SSSR count). The Kier molecular flexibility index (Phi) is 6.15. The van der Waals surface area contributed by atoms with Crippen LogP contribution >= 0.6 is 11.6 Å². The molecule has 107 valence electrons. The maximum Gasteiger partial charge on any atom is 0.362 e. The molecule has 1 aliphatic rings. The van der Waals surface area contributed by atoms with Gasteiger partial charge in [0.1, 0.15) is 0 Å². The average Bonchev–Trinajstić information content (AvgIpc) is 2.33. The van der Waals surface area contributed by atoms with Crippen LogP contribution in [0.1, 0.15) is 34.1 Å². The molecule has 0 saturated carbocycles. The first kappa shape index (κ1) is 16.9. The lowest BCUT2D eigenvalue weighted by Gasteiger charge is -2.52. The van der Waals surface area contributed by atoms with Gasteiger partial charge in [-0.2, -0.15) is 0 Å². The Labute approximate surface area is 122 Å². The summed E-state index contributed by atoms with van der Waals surface area (Å²) in [7, 11) is -4.31. The first-order valence-electron chi connectivity index (χ1n) is 7.10. The number of hydrogen-bond acceptors (Lipinski definition) is 2. The molecule has 1 fully saturated rings. The summed E-state index contributed by atoms with van der Waals surface area (Å²) in [5.74, 6) is 0.723. The van der Waals surface area contributed by atoms with E-state index >= 15 is 0 Å². The van der Waals surface area contributed by atoms with E-state index in [9.17, 15) is 0 Å². The van der Waals surface area contributed by atoms with Gasteiger partial charge in [0.2, 0.25) is 0 Å². The van der Waals surface area contributed by atoms with Gasteiger partial charge < -0.3 is 8.23 Å². The van der Waals surface area contributed by atoms with Crippen LogP contribution < -0.4 is 0 Å².